The van der Waals surface area contributed by atoms with Crippen molar-refractivity contribution in [3.05, 3.63) is 179 Å². The lowest BCUT2D eigenvalue weighted by Gasteiger charge is -2.21. The fourth-order valence-corrected chi connectivity index (χ4v) is 8.18. The van der Waals surface area contributed by atoms with Crippen molar-refractivity contribution in [1.29, 1.82) is 0 Å². The zero-order chi connectivity index (χ0) is 45.7. The normalized spacial score (nSPS) is 11.0. The number of methoxy groups -OCH3 is 2. The van der Waals surface area contributed by atoms with E-state index in [0.29, 0.717) is 30.3 Å². The molecule has 0 aliphatic rings. The van der Waals surface area contributed by atoms with Crippen LogP contribution in [0.15, 0.2) is 155 Å². The summed E-state index contributed by atoms with van der Waals surface area (Å²) in [4.78, 5) is 35.3. The van der Waals surface area contributed by atoms with E-state index in [2.05, 4.69) is 4.74 Å². The number of carboxylic acids is 1. The molecular weight excluding hydrogens is 853 g/mol. The first-order valence-corrected chi connectivity index (χ1v) is 21.8. The van der Waals surface area contributed by atoms with Crippen LogP contribution in [0.1, 0.15) is 47.8 Å². The minimum Gasteiger partial charge on any atom is -0.489 e. The number of hydrogen-bond donors (Lipinski definition) is 2. The van der Waals surface area contributed by atoms with Crippen LogP contribution < -0.4 is 18.1 Å². The van der Waals surface area contributed by atoms with Crippen LogP contribution in [0.25, 0.3) is 0 Å². The number of carbonyl (C=O) groups is 3. The summed E-state index contributed by atoms with van der Waals surface area (Å²) >= 11 is 0. The van der Waals surface area contributed by atoms with Crippen molar-refractivity contribution in [2.75, 3.05) is 36.9 Å². The third-order valence-corrected chi connectivity index (χ3v) is 13.0. The number of carboxylic acid groups (broad SMARTS) is 1. The lowest BCUT2D eigenvalue weighted by Crippen LogP contribution is -2.27. The average molecular weight is 897 g/mol. The number of nitrogens with zero attached hydrogens (tertiary/aromatic N) is 2. The summed E-state index contributed by atoms with van der Waals surface area (Å²) in [7, 11) is -2.90. The number of sulfonamides is 2. The third kappa shape index (κ3) is 12.0. The molecule has 0 aliphatic heterocycles. The van der Waals surface area contributed by atoms with Gasteiger partial charge in [-0.1, -0.05) is 60.7 Å². The molecule has 328 valence electrons. The summed E-state index contributed by atoms with van der Waals surface area (Å²) in [6.07, 6.45) is 0. The van der Waals surface area contributed by atoms with Crippen LogP contribution in [0.5, 0.6) is 11.5 Å². The number of hydrogen-bond acceptors (Lipinski definition) is 12. The van der Waals surface area contributed by atoms with E-state index >= 15 is 0 Å². The molecule has 6 aromatic carbocycles. The molecule has 0 saturated heterocycles. The highest BCUT2D eigenvalue weighted by Gasteiger charge is 2.25. The van der Waals surface area contributed by atoms with Crippen molar-refractivity contribution in [2.24, 2.45) is 0 Å². The Bertz CT molecular complexity index is 2750. The molecule has 2 N–H and O–H groups in total. The largest absolute Gasteiger partial charge is 0.489 e. The van der Waals surface area contributed by atoms with E-state index in [1.807, 2.05) is 60.7 Å². The van der Waals surface area contributed by atoms with Crippen molar-refractivity contribution < 1.29 is 60.4 Å². The molecule has 17 heteroatoms. The van der Waals surface area contributed by atoms with Gasteiger partial charge < -0.3 is 29.2 Å². The summed E-state index contributed by atoms with van der Waals surface area (Å²) in [5.41, 5.74) is 2.45. The summed E-state index contributed by atoms with van der Waals surface area (Å²) < 4.78 is 75.0. The molecule has 0 radical (unpaired) electrons. The lowest BCUT2D eigenvalue weighted by atomic mass is 10.1. The number of rotatable bonds is 16. The maximum Gasteiger partial charge on any atom is 0.337 e. The predicted molar refractivity (Wildman–Crippen MR) is 234 cm³/mol. The second-order valence-electron chi connectivity index (χ2n) is 13.5. The van der Waals surface area contributed by atoms with Gasteiger partial charge in [0.2, 0.25) is 0 Å². The van der Waals surface area contributed by atoms with Crippen LogP contribution in [0.4, 0.5) is 11.4 Å². The van der Waals surface area contributed by atoms with Crippen molar-refractivity contribution in [3.8, 4) is 11.5 Å². The summed E-state index contributed by atoms with van der Waals surface area (Å²) in [6.45, 7) is 0.362. The molecule has 0 saturated carbocycles. The minimum atomic E-state index is -4.03. The minimum absolute atomic E-state index is 0.00899. The van der Waals surface area contributed by atoms with Gasteiger partial charge in [-0.15, -0.1) is 0 Å². The third-order valence-electron chi connectivity index (χ3n) is 9.36. The van der Waals surface area contributed by atoms with Gasteiger partial charge in [0.05, 0.1) is 58.7 Å². The second-order valence-corrected chi connectivity index (χ2v) is 17.5. The molecule has 0 spiro atoms. The Kier molecular flexibility index (Phi) is 15.7. The molecule has 6 rings (SSSR count). The molecule has 0 heterocycles. The number of esters is 2. The number of aliphatic hydroxyl groups is 1. The Labute approximate surface area is 365 Å². The smallest absolute Gasteiger partial charge is 0.337 e. The first kappa shape index (κ1) is 46.8. The molecule has 0 atom stereocenters. The topological polar surface area (TPSA) is 203 Å². The number of benzene rings is 6. The van der Waals surface area contributed by atoms with Gasteiger partial charge in [0, 0.05) is 14.1 Å². The number of aromatic carboxylic acids is 1. The Balaban J connectivity index is 0.000000238. The Morgan fingerprint density at radius 2 is 0.889 bits per heavy atom. The first-order valence-electron chi connectivity index (χ1n) is 18.9. The highest BCUT2D eigenvalue weighted by atomic mass is 32.2. The zero-order valence-corrected chi connectivity index (χ0v) is 36.2. The van der Waals surface area contributed by atoms with Crippen molar-refractivity contribution in [2.45, 2.75) is 29.6 Å². The Morgan fingerprint density at radius 1 is 0.508 bits per heavy atom. The van der Waals surface area contributed by atoms with Gasteiger partial charge in [0.15, 0.2) is 0 Å². The molecule has 0 aliphatic carbocycles. The van der Waals surface area contributed by atoms with E-state index in [1.54, 1.807) is 12.1 Å². The quantitative estimate of drug-likeness (QED) is 0.0947. The van der Waals surface area contributed by atoms with Crippen molar-refractivity contribution in [1.82, 2.24) is 0 Å². The Hall–Kier alpha value is -7.21. The van der Waals surface area contributed by atoms with Gasteiger partial charge in [-0.25, -0.2) is 31.2 Å². The van der Waals surface area contributed by atoms with Crippen LogP contribution in [-0.4, -0.2) is 73.3 Å². The number of aliphatic hydroxyl groups excluding tert-OH is 1. The molecule has 0 fully saturated rings. The molecule has 0 bridgehead atoms. The molecule has 0 unspecified atom stereocenters. The summed E-state index contributed by atoms with van der Waals surface area (Å²) in [5, 5.41) is 18.8. The van der Waals surface area contributed by atoms with Gasteiger partial charge in [-0.3, -0.25) is 8.61 Å². The molecule has 15 nitrogen and oxygen atoms in total. The zero-order valence-electron chi connectivity index (χ0n) is 34.6. The van der Waals surface area contributed by atoms with Crippen molar-refractivity contribution in [3.63, 3.8) is 0 Å². The average Bonchev–Trinajstić information content (AvgIpc) is 3.32. The standard InChI is InChI=1S/C23H21NO7S.C23H23NO6S/c1-24(19-13-17(22(25)26)12-18(14-19)23(27)30-2)32(28,29)21-10-8-20(9-11-21)31-15-16-6-4-3-5-7-16;1-24(20-13-18(15-25)12-19(14-20)23(26)29-2)31(27,28)22-10-8-21(9-11-22)30-16-17-6-4-3-5-7-17/h3-14H,15H2,1-2H3,(H,25,26);3-14,25H,15-16H2,1-2H3. The van der Waals surface area contributed by atoms with E-state index in [9.17, 15) is 41.4 Å². The highest BCUT2D eigenvalue weighted by molar-refractivity contribution is 7.93. The van der Waals surface area contributed by atoms with Crippen LogP contribution in [0.2, 0.25) is 0 Å². The van der Waals surface area contributed by atoms with Gasteiger partial charge in [0.1, 0.15) is 24.7 Å². The predicted octanol–water partition coefficient (Wildman–Crippen LogP) is 6.95. The number of ether oxygens (including phenoxy) is 4. The molecule has 0 aromatic heterocycles. The molecular formula is C46H44N2O13S2. The Morgan fingerprint density at radius 3 is 1.27 bits per heavy atom. The second kappa shape index (κ2) is 21.0. The molecule has 63 heavy (non-hydrogen) atoms. The van der Waals surface area contributed by atoms with Crippen LogP contribution in [0, 0.1) is 0 Å². The van der Waals surface area contributed by atoms with Gasteiger partial charge in [0.25, 0.3) is 20.0 Å². The monoisotopic (exact) mass is 896 g/mol. The summed E-state index contributed by atoms with van der Waals surface area (Å²) in [5.74, 6) is -1.66. The number of carbonyl (C=O) groups excluding carboxylic acids is 2. The van der Waals surface area contributed by atoms with E-state index in [0.717, 1.165) is 32.9 Å². The SMILES string of the molecule is COC(=O)c1cc(C(=O)O)cc(N(C)S(=O)(=O)c2ccc(OCc3ccccc3)cc2)c1.COC(=O)c1cc(CO)cc(N(C)S(=O)(=O)c2ccc(OCc3ccccc3)cc2)c1. The van der Waals surface area contributed by atoms with Gasteiger partial charge in [-0.05, 0) is 102 Å². The maximum atomic E-state index is 13.1. The van der Waals surface area contributed by atoms with Crippen LogP contribution in [-0.2, 0) is 49.3 Å². The van der Waals surface area contributed by atoms with E-state index in [4.69, 9.17) is 14.2 Å². The molecule has 0 amide bonds. The van der Waals surface area contributed by atoms with E-state index in [-0.39, 0.29) is 44.5 Å². The maximum absolute atomic E-state index is 13.1. The van der Waals surface area contributed by atoms with E-state index in [1.165, 1.54) is 87.9 Å². The first-order chi connectivity index (χ1) is 30.1. The summed E-state index contributed by atoms with van der Waals surface area (Å²) in [6, 6.07) is 39.1. The van der Waals surface area contributed by atoms with Gasteiger partial charge in [-0.2, -0.15) is 0 Å². The number of anilines is 2. The van der Waals surface area contributed by atoms with Crippen molar-refractivity contribution >= 4 is 49.3 Å². The van der Waals surface area contributed by atoms with Gasteiger partial charge >= 0.3 is 17.9 Å². The van der Waals surface area contributed by atoms with Crippen LogP contribution in [0.3, 0.4) is 0 Å². The highest BCUT2D eigenvalue weighted by Crippen LogP contribution is 2.28. The molecule has 6 aromatic rings. The van der Waals surface area contributed by atoms with Crippen LogP contribution >= 0.6 is 0 Å². The van der Waals surface area contributed by atoms with E-state index < -0.39 is 38.0 Å². The fourth-order valence-electron chi connectivity index (χ4n) is 5.83. The lowest BCUT2D eigenvalue weighted by molar-refractivity contribution is 0.0591. The fraction of sp³-hybridized carbons (Fsp3) is 0.152.